The molecule has 2 fully saturated rings. The van der Waals surface area contributed by atoms with Gasteiger partial charge in [0.1, 0.15) is 0 Å². The largest absolute Gasteiger partial charge is 0.394 e. The lowest BCUT2D eigenvalue weighted by Gasteiger charge is -2.38. The Morgan fingerprint density at radius 1 is 1.30 bits per heavy atom. The molecule has 0 aromatic rings. The van der Waals surface area contributed by atoms with Gasteiger partial charge in [0.05, 0.1) is 17.9 Å². The van der Waals surface area contributed by atoms with Crippen molar-refractivity contribution in [1.29, 1.82) is 0 Å². The van der Waals surface area contributed by atoms with Crippen molar-refractivity contribution in [2.75, 3.05) is 25.4 Å². The zero-order valence-corrected chi connectivity index (χ0v) is 13.3. The third-order valence-electron chi connectivity index (χ3n) is 4.67. The highest BCUT2D eigenvalue weighted by molar-refractivity contribution is 8.00. The Morgan fingerprint density at radius 2 is 1.95 bits per heavy atom. The van der Waals surface area contributed by atoms with Crippen LogP contribution in [0.2, 0.25) is 0 Å². The fourth-order valence-corrected chi connectivity index (χ4v) is 4.15. The number of rotatable bonds is 5. The minimum Gasteiger partial charge on any atom is -0.394 e. The second-order valence-corrected chi connectivity index (χ2v) is 7.72. The van der Waals surface area contributed by atoms with E-state index in [9.17, 15) is 9.90 Å². The van der Waals surface area contributed by atoms with E-state index < -0.39 is 0 Å². The van der Waals surface area contributed by atoms with Crippen LogP contribution in [0, 0.1) is 5.92 Å². The van der Waals surface area contributed by atoms with Gasteiger partial charge < -0.3 is 15.7 Å². The highest BCUT2D eigenvalue weighted by Gasteiger charge is 2.34. The molecule has 0 unspecified atom stereocenters. The molecule has 1 aliphatic carbocycles. The summed E-state index contributed by atoms with van der Waals surface area (Å²) >= 11 is 1.77. The molecule has 0 aromatic carbocycles. The minimum atomic E-state index is -0.349. The van der Waals surface area contributed by atoms with Gasteiger partial charge in [0.2, 0.25) is 5.91 Å². The molecule has 116 valence electrons. The van der Waals surface area contributed by atoms with Gasteiger partial charge in [-0.15, -0.1) is 11.8 Å². The minimum absolute atomic E-state index is 0.0729. The quantitative estimate of drug-likeness (QED) is 0.720. The Balaban J connectivity index is 1.74. The monoisotopic (exact) mass is 300 g/mol. The topological polar surface area (TPSA) is 61.4 Å². The zero-order chi connectivity index (χ0) is 14.4. The van der Waals surface area contributed by atoms with Gasteiger partial charge in [-0.25, -0.2) is 0 Å². The van der Waals surface area contributed by atoms with Gasteiger partial charge >= 0.3 is 0 Å². The molecule has 1 saturated carbocycles. The molecule has 20 heavy (non-hydrogen) atoms. The summed E-state index contributed by atoms with van der Waals surface area (Å²) in [5.74, 6) is 1.34. The second-order valence-electron chi connectivity index (χ2n) is 6.43. The van der Waals surface area contributed by atoms with Gasteiger partial charge in [-0.3, -0.25) is 4.79 Å². The summed E-state index contributed by atoms with van der Waals surface area (Å²) in [5, 5.41) is 16.7. The lowest BCUT2D eigenvalue weighted by Crippen LogP contribution is -2.53. The highest BCUT2D eigenvalue weighted by Crippen LogP contribution is 2.31. The van der Waals surface area contributed by atoms with E-state index in [0.717, 1.165) is 57.5 Å². The summed E-state index contributed by atoms with van der Waals surface area (Å²) in [4.78, 5) is 12.1. The third-order valence-corrected chi connectivity index (χ3v) is 6.05. The molecule has 0 atom stereocenters. The van der Waals surface area contributed by atoms with Gasteiger partial charge in [0.25, 0.3) is 0 Å². The first-order valence-corrected chi connectivity index (χ1v) is 8.93. The zero-order valence-electron chi connectivity index (χ0n) is 12.5. The summed E-state index contributed by atoms with van der Waals surface area (Å²) in [7, 11) is 0. The molecule has 5 heteroatoms. The van der Waals surface area contributed by atoms with Crippen molar-refractivity contribution in [3.05, 3.63) is 0 Å². The standard InChI is InChI=1S/C15H28N2O2S/c1-12-2-6-15(11-18,7-3-12)17-14(19)10-20-13-4-8-16-9-5-13/h12-13,16,18H,2-11H2,1H3,(H,17,19). The number of aliphatic hydroxyl groups is 1. The van der Waals surface area contributed by atoms with Crippen molar-refractivity contribution in [2.45, 2.75) is 56.2 Å². The predicted octanol–water partition coefficient (Wildman–Crippen LogP) is 1.53. The van der Waals surface area contributed by atoms with Crippen LogP contribution >= 0.6 is 11.8 Å². The summed E-state index contributed by atoms with van der Waals surface area (Å²) in [6.07, 6.45) is 6.33. The summed E-state index contributed by atoms with van der Waals surface area (Å²) in [5.41, 5.74) is -0.349. The smallest absolute Gasteiger partial charge is 0.230 e. The number of carbonyl (C=O) groups excluding carboxylic acids is 1. The first-order valence-electron chi connectivity index (χ1n) is 7.88. The summed E-state index contributed by atoms with van der Waals surface area (Å²) in [6.45, 7) is 4.45. The van der Waals surface area contributed by atoms with E-state index >= 15 is 0 Å². The van der Waals surface area contributed by atoms with Crippen LogP contribution < -0.4 is 10.6 Å². The van der Waals surface area contributed by atoms with E-state index in [0.29, 0.717) is 11.0 Å². The molecule has 3 N–H and O–H groups in total. The molecule has 0 spiro atoms. The van der Waals surface area contributed by atoms with Crippen LogP contribution in [-0.4, -0.2) is 47.3 Å². The number of nitrogens with one attached hydrogen (secondary N) is 2. The SMILES string of the molecule is CC1CCC(CO)(NC(=O)CSC2CCNCC2)CC1. The van der Waals surface area contributed by atoms with E-state index in [-0.39, 0.29) is 18.1 Å². The number of aliphatic hydroxyl groups excluding tert-OH is 1. The third kappa shape index (κ3) is 4.64. The van der Waals surface area contributed by atoms with Crippen molar-refractivity contribution in [3.8, 4) is 0 Å². The Labute approximate surface area is 126 Å². The van der Waals surface area contributed by atoms with Gasteiger partial charge in [-0.05, 0) is 57.5 Å². The molecule has 1 saturated heterocycles. The molecule has 1 heterocycles. The van der Waals surface area contributed by atoms with Crippen LogP contribution in [0.3, 0.4) is 0 Å². The van der Waals surface area contributed by atoms with Crippen molar-refractivity contribution in [1.82, 2.24) is 10.6 Å². The second kappa shape index (κ2) is 7.66. The maximum Gasteiger partial charge on any atom is 0.230 e. The van der Waals surface area contributed by atoms with E-state index in [1.807, 2.05) is 0 Å². The molecule has 0 radical (unpaired) electrons. The first kappa shape index (κ1) is 16.1. The average Bonchev–Trinajstić information content (AvgIpc) is 2.49. The molecule has 2 aliphatic rings. The van der Waals surface area contributed by atoms with Crippen LogP contribution in [0.15, 0.2) is 0 Å². The molecular weight excluding hydrogens is 272 g/mol. The summed E-state index contributed by atoms with van der Waals surface area (Å²) in [6, 6.07) is 0. The van der Waals surface area contributed by atoms with Crippen LogP contribution in [0.4, 0.5) is 0 Å². The average molecular weight is 300 g/mol. The summed E-state index contributed by atoms with van der Waals surface area (Å²) < 4.78 is 0. The van der Waals surface area contributed by atoms with Gasteiger partial charge in [0.15, 0.2) is 0 Å². The Hall–Kier alpha value is -0.260. The van der Waals surface area contributed by atoms with E-state index in [2.05, 4.69) is 17.6 Å². The van der Waals surface area contributed by atoms with E-state index in [1.165, 1.54) is 0 Å². The fraction of sp³-hybridized carbons (Fsp3) is 0.933. The van der Waals surface area contributed by atoms with E-state index in [1.54, 1.807) is 11.8 Å². The molecular formula is C15H28N2O2S. The normalized spacial score (nSPS) is 32.0. The van der Waals surface area contributed by atoms with Crippen LogP contribution in [0.5, 0.6) is 0 Å². The Kier molecular flexibility index (Phi) is 6.18. The molecule has 2 rings (SSSR count). The molecule has 4 nitrogen and oxygen atoms in total. The molecule has 1 aliphatic heterocycles. The lowest BCUT2D eigenvalue weighted by atomic mass is 9.77. The van der Waals surface area contributed by atoms with Gasteiger partial charge in [-0.2, -0.15) is 0 Å². The van der Waals surface area contributed by atoms with Gasteiger partial charge in [-0.1, -0.05) is 6.92 Å². The maximum atomic E-state index is 12.1. The lowest BCUT2D eigenvalue weighted by molar-refractivity contribution is -0.121. The van der Waals surface area contributed by atoms with Crippen molar-refractivity contribution >= 4 is 17.7 Å². The Morgan fingerprint density at radius 3 is 2.55 bits per heavy atom. The highest BCUT2D eigenvalue weighted by atomic mass is 32.2. The first-order chi connectivity index (χ1) is 9.63. The number of amides is 1. The number of carbonyl (C=O) groups is 1. The number of hydrogen-bond acceptors (Lipinski definition) is 4. The number of piperidine rings is 1. The van der Waals surface area contributed by atoms with Crippen LogP contribution in [-0.2, 0) is 4.79 Å². The van der Waals surface area contributed by atoms with Crippen molar-refractivity contribution in [3.63, 3.8) is 0 Å². The van der Waals surface area contributed by atoms with E-state index in [4.69, 9.17) is 0 Å². The van der Waals surface area contributed by atoms with Crippen LogP contribution in [0.1, 0.15) is 45.4 Å². The molecule has 0 bridgehead atoms. The van der Waals surface area contributed by atoms with Crippen LogP contribution in [0.25, 0.3) is 0 Å². The predicted molar refractivity (Wildman–Crippen MR) is 83.9 cm³/mol. The van der Waals surface area contributed by atoms with Gasteiger partial charge in [0, 0.05) is 5.25 Å². The van der Waals surface area contributed by atoms with Crippen molar-refractivity contribution < 1.29 is 9.90 Å². The fourth-order valence-electron chi connectivity index (χ4n) is 3.12. The number of hydrogen-bond donors (Lipinski definition) is 3. The molecule has 0 aromatic heterocycles. The number of thioether (sulfide) groups is 1. The maximum absolute atomic E-state index is 12.1. The van der Waals surface area contributed by atoms with Crippen molar-refractivity contribution in [2.24, 2.45) is 5.92 Å². The molecule has 1 amide bonds. The Bertz CT molecular complexity index is 311.